The quantitative estimate of drug-likeness (QED) is 0.303. The topological polar surface area (TPSA) is 107 Å². The van der Waals surface area contributed by atoms with Crippen LogP contribution in [0.25, 0.3) is 0 Å². The Balaban J connectivity index is 1.55. The fourth-order valence-corrected chi connectivity index (χ4v) is 4.42. The molecule has 3 heterocycles. The number of fused-ring (bicyclic) bond motifs is 1. The highest BCUT2D eigenvalue weighted by atomic mass is 79.9. The fraction of sp³-hybridized carbons (Fsp3) is 0.333. The summed E-state index contributed by atoms with van der Waals surface area (Å²) in [6.45, 7) is 2.14. The molecule has 3 unspecified atom stereocenters. The molecule has 1 amide bonds. The number of rotatable bonds is 4. The number of esters is 1. The number of nitrogens with zero attached hydrogens (tertiary/aromatic N) is 4. The predicted molar refractivity (Wildman–Crippen MR) is 117 cm³/mol. The van der Waals surface area contributed by atoms with Crippen LogP contribution in [-0.2, 0) is 20.9 Å². The first-order chi connectivity index (χ1) is 14.9. The lowest BCUT2D eigenvalue weighted by molar-refractivity contribution is -0.746. The van der Waals surface area contributed by atoms with Crippen LogP contribution in [0.1, 0.15) is 18.9 Å². The summed E-state index contributed by atoms with van der Waals surface area (Å²) in [5.74, 6) is 5.86. The molecule has 1 aromatic rings. The number of quaternary nitrogens is 1. The van der Waals surface area contributed by atoms with E-state index in [4.69, 9.17) is 15.3 Å². The van der Waals surface area contributed by atoms with Gasteiger partial charge in [-0.05, 0) is 12.0 Å². The average molecular weight is 489 g/mol. The summed E-state index contributed by atoms with van der Waals surface area (Å²) in [6.07, 6.45) is 4.57. The molecule has 0 aromatic heterocycles. The molecular formula is C21H23BrN5O4+. The third-order valence-corrected chi connectivity index (χ3v) is 6.12. The van der Waals surface area contributed by atoms with Crippen LogP contribution in [0, 0.1) is 5.92 Å². The molecule has 31 heavy (non-hydrogen) atoms. The van der Waals surface area contributed by atoms with Crippen molar-refractivity contribution in [2.75, 3.05) is 13.1 Å². The number of carbonyl (C=O) groups excluding carboxylic acids is 2. The summed E-state index contributed by atoms with van der Waals surface area (Å²) in [6, 6.07) is 9.45. The highest BCUT2D eigenvalue weighted by Gasteiger charge is 2.46. The maximum atomic E-state index is 12.8. The molecule has 9 nitrogen and oxygen atoms in total. The number of benzene rings is 1. The van der Waals surface area contributed by atoms with Crippen LogP contribution in [0.5, 0.6) is 0 Å². The largest absolute Gasteiger partial charge is 0.461 e. The molecule has 3 atom stereocenters. The van der Waals surface area contributed by atoms with Gasteiger partial charge in [-0.3, -0.25) is 9.79 Å². The van der Waals surface area contributed by atoms with Gasteiger partial charge in [-0.2, -0.15) is 10.8 Å². The summed E-state index contributed by atoms with van der Waals surface area (Å²) >= 11 is 3.45. The van der Waals surface area contributed by atoms with Gasteiger partial charge in [-0.15, -0.1) is 4.59 Å². The van der Waals surface area contributed by atoms with E-state index in [9.17, 15) is 9.59 Å². The van der Waals surface area contributed by atoms with Gasteiger partial charge in [0, 0.05) is 35.3 Å². The Morgan fingerprint density at radius 2 is 2.06 bits per heavy atom. The minimum absolute atomic E-state index is 0.119. The zero-order chi connectivity index (χ0) is 22.0. The van der Waals surface area contributed by atoms with Crippen LogP contribution < -0.4 is 5.84 Å². The number of piperidine rings is 1. The number of nitrogens with two attached hydrogens (primary N) is 1. The number of carbonyl (C=O) groups is 2. The van der Waals surface area contributed by atoms with Crippen molar-refractivity contribution in [2.45, 2.75) is 26.1 Å². The van der Waals surface area contributed by atoms with Crippen molar-refractivity contribution in [3.8, 4) is 0 Å². The van der Waals surface area contributed by atoms with Crippen molar-refractivity contribution in [2.24, 2.45) is 21.7 Å². The molecule has 1 fully saturated rings. The third-order valence-electron chi connectivity index (χ3n) is 5.36. The summed E-state index contributed by atoms with van der Waals surface area (Å²) in [7, 11) is 0. The lowest BCUT2D eigenvalue weighted by atomic mass is 9.92. The molecule has 0 bridgehead atoms. The number of halogens is 1. The van der Waals surface area contributed by atoms with E-state index < -0.39 is 18.2 Å². The van der Waals surface area contributed by atoms with E-state index >= 15 is 0 Å². The standard InChI is InChI=1S/C21H23BrN5O4/c1-14(28)31-17-9-16(19-18-10-24-7-8-27(18,23)20(22)25-19)11-26(12-17)21(29)30-13-15-5-3-2-4-6-15/h2-8,10,16-17H,9,11-13,23H2,1H3/q+1. The molecule has 3 aliphatic heterocycles. The minimum Gasteiger partial charge on any atom is -0.461 e. The van der Waals surface area contributed by atoms with E-state index in [-0.39, 0.29) is 23.7 Å². The molecular weight excluding hydrogens is 466 g/mol. The Hall–Kier alpha value is -2.82. The number of amides is 1. The lowest BCUT2D eigenvalue weighted by Gasteiger charge is -2.36. The second-order valence-electron chi connectivity index (χ2n) is 7.61. The highest BCUT2D eigenvalue weighted by Crippen LogP contribution is 2.37. The Bertz CT molecular complexity index is 1010. The molecule has 1 aromatic carbocycles. The van der Waals surface area contributed by atoms with E-state index in [2.05, 4.69) is 25.9 Å². The number of hydrogen-bond acceptors (Lipinski definition) is 7. The van der Waals surface area contributed by atoms with Crippen molar-refractivity contribution >= 4 is 39.0 Å². The summed E-state index contributed by atoms with van der Waals surface area (Å²) < 4.78 is 11.4. The van der Waals surface area contributed by atoms with Gasteiger partial charge in [0.15, 0.2) is 0 Å². The van der Waals surface area contributed by atoms with Gasteiger partial charge in [-0.25, -0.2) is 4.79 Å². The SMILES string of the molecule is CC(=O)OC1CC(C2=C3C=NC=C[N+]3(N)C(Br)=N2)CN(C(=O)OCc2ccccc2)C1. The lowest BCUT2D eigenvalue weighted by Crippen LogP contribution is -2.51. The van der Waals surface area contributed by atoms with Crippen molar-refractivity contribution in [3.63, 3.8) is 0 Å². The zero-order valence-electron chi connectivity index (χ0n) is 17.0. The maximum absolute atomic E-state index is 12.8. The Labute approximate surface area is 188 Å². The first-order valence-electron chi connectivity index (χ1n) is 9.87. The summed E-state index contributed by atoms with van der Waals surface area (Å²) in [5, 5.41) is 0. The molecule has 0 saturated carbocycles. The van der Waals surface area contributed by atoms with Gasteiger partial charge in [0.2, 0.25) is 5.70 Å². The van der Waals surface area contributed by atoms with Gasteiger partial charge in [0.05, 0.1) is 19.0 Å². The van der Waals surface area contributed by atoms with Crippen LogP contribution in [0.3, 0.4) is 0 Å². The first-order valence-corrected chi connectivity index (χ1v) is 10.7. The number of allylic oxidation sites excluding steroid dienone is 1. The van der Waals surface area contributed by atoms with E-state index in [0.717, 1.165) is 5.56 Å². The number of amidine groups is 1. The van der Waals surface area contributed by atoms with E-state index in [1.807, 2.05) is 30.3 Å². The van der Waals surface area contributed by atoms with Gasteiger partial charge in [-0.1, -0.05) is 30.3 Å². The fourth-order valence-electron chi connectivity index (χ4n) is 3.92. The van der Waals surface area contributed by atoms with Gasteiger partial charge in [0.1, 0.15) is 24.6 Å². The van der Waals surface area contributed by atoms with Crippen LogP contribution in [-0.4, -0.2) is 51.7 Å². The van der Waals surface area contributed by atoms with Crippen molar-refractivity contribution in [1.29, 1.82) is 0 Å². The summed E-state index contributed by atoms with van der Waals surface area (Å²) in [5.41, 5.74) is 2.31. The maximum Gasteiger partial charge on any atom is 0.410 e. The predicted octanol–water partition coefficient (Wildman–Crippen LogP) is 2.80. The van der Waals surface area contributed by atoms with Crippen molar-refractivity contribution in [1.82, 2.24) is 4.90 Å². The molecule has 4 rings (SSSR count). The normalized spacial score (nSPS) is 27.1. The number of aliphatic imine (C=N–C) groups is 2. The minimum atomic E-state index is -0.473. The molecule has 2 N–H and O–H groups in total. The molecule has 10 heteroatoms. The number of hydrogen-bond donors (Lipinski definition) is 1. The van der Waals surface area contributed by atoms with E-state index in [1.54, 1.807) is 23.5 Å². The molecule has 1 saturated heterocycles. The van der Waals surface area contributed by atoms with Gasteiger partial charge < -0.3 is 14.4 Å². The van der Waals surface area contributed by atoms with E-state index in [1.165, 1.54) is 6.92 Å². The molecule has 0 aliphatic carbocycles. The van der Waals surface area contributed by atoms with Gasteiger partial charge >= 0.3 is 16.8 Å². The monoisotopic (exact) mass is 488 g/mol. The third kappa shape index (κ3) is 4.46. The second-order valence-corrected chi connectivity index (χ2v) is 8.32. The Morgan fingerprint density at radius 1 is 1.29 bits per heavy atom. The molecule has 0 radical (unpaired) electrons. The van der Waals surface area contributed by atoms with E-state index in [0.29, 0.717) is 29.1 Å². The first kappa shape index (κ1) is 21.4. The Kier molecular flexibility index (Phi) is 6.03. The average Bonchev–Trinajstić information content (AvgIpc) is 3.03. The highest BCUT2D eigenvalue weighted by molar-refractivity contribution is 9.18. The van der Waals surface area contributed by atoms with Crippen LogP contribution in [0.15, 0.2) is 64.1 Å². The van der Waals surface area contributed by atoms with Crippen molar-refractivity contribution in [3.05, 3.63) is 59.7 Å². The van der Waals surface area contributed by atoms with Crippen LogP contribution in [0.2, 0.25) is 0 Å². The second kappa shape index (κ2) is 8.74. The van der Waals surface area contributed by atoms with Crippen molar-refractivity contribution < 1.29 is 23.7 Å². The van der Waals surface area contributed by atoms with Gasteiger partial charge in [0.25, 0.3) is 0 Å². The smallest absolute Gasteiger partial charge is 0.410 e. The number of likely N-dealkylation sites (tertiary alicyclic amines) is 1. The van der Waals surface area contributed by atoms with Crippen LogP contribution >= 0.6 is 15.9 Å². The summed E-state index contributed by atoms with van der Waals surface area (Å²) in [4.78, 5) is 34.8. The molecule has 0 spiro atoms. The molecule has 162 valence electrons. The molecule has 3 aliphatic rings. The zero-order valence-corrected chi connectivity index (χ0v) is 18.6. The number of ether oxygens (including phenoxy) is 2. The Morgan fingerprint density at radius 3 is 2.81 bits per heavy atom. The van der Waals surface area contributed by atoms with Crippen LogP contribution in [0.4, 0.5) is 4.79 Å².